The van der Waals surface area contributed by atoms with Gasteiger partial charge in [0.15, 0.2) is 0 Å². The summed E-state index contributed by atoms with van der Waals surface area (Å²) in [4.78, 5) is 15.8. The predicted octanol–water partition coefficient (Wildman–Crippen LogP) is 3.47. The van der Waals surface area contributed by atoms with E-state index in [1.807, 2.05) is 0 Å². The number of nitrogens with one attached hydrogen (secondary N) is 2. The molecule has 9 heteroatoms. The Morgan fingerprint density at radius 2 is 1.73 bits per heavy atom. The Kier molecular flexibility index (Phi) is 5.95. The lowest BCUT2D eigenvalue weighted by molar-refractivity contribution is 0.103. The number of aromatic amines is 1. The van der Waals surface area contributed by atoms with Crippen LogP contribution in [0.3, 0.4) is 0 Å². The van der Waals surface area contributed by atoms with Gasteiger partial charge in [-0.3, -0.25) is 9.52 Å². The third-order valence-electron chi connectivity index (χ3n) is 4.88. The highest BCUT2D eigenvalue weighted by molar-refractivity contribution is 7.90. The number of aromatic nitrogens is 1. The fourth-order valence-corrected chi connectivity index (χ4v) is 3.64. The molecular weight excluding hydrogens is 409 g/mol. The average molecular weight is 431 g/mol. The normalized spacial score (nSPS) is 12.4. The topological polar surface area (TPSA) is 114 Å². The smallest absolute Gasteiger partial charge is 0.296 e. The summed E-state index contributed by atoms with van der Waals surface area (Å²) >= 11 is 0. The van der Waals surface area contributed by atoms with Crippen molar-refractivity contribution in [3.8, 4) is 5.75 Å². The van der Waals surface area contributed by atoms with Gasteiger partial charge in [-0.1, -0.05) is 19.1 Å². The second-order valence-corrected chi connectivity index (χ2v) is 8.20. The molecule has 0 bridgehead atoms. The molecule has 0 fully saturated rings. The maximum Gasteiger partial charge on any atom is 0.296 e. The molecule has 0 radical (unpaired) electrons. The van der Waals surface area contributed by atoms with E-state index in [-0.39, 0.29) is 22.7 Å². The van der Waals surface area contributed by atoms with Gasteiger partial charge in [0.2, 0.25) is 5.78 Å². The number of rotatable bonds is 7. The first-order chi connectivity index (χ1) is 14.1. The van der Waals surface area contributed by atoms with Crippen molar-refractivity contribution in [1.82, 2.24) is 4.98 Å². The van der Waals surface area contributed by atoms with Crippen molar-refractivity contribution in [2.24, 2.45) is 5.14 Å². The molecule has 0 amide bonds. The molecule has 0 aliphatic carbocycles. The summed E-state index contributed by atoms with van der Waals surface area (Å²) in [5.74, 6) is -0.577. The summed E-state index contributed by atoms with van der Waals surface area (Å²) in [6.45, 7) is 3.34. The molecule has 0 saturated carbocycles. The van der Waals surface area contributed by atoms with Crippen LogP contribution in [0.15, 0.2) is 48.5 Å². The third kappa shape index (κ3) is 4.52. The Morgan fingerprint density at radius 3 is 2.27 bits per heavy atom. The van der Waals surface area contributed by atoms with Gasteiger partial charge < -0.3 is 9.72 Å². The zero-order valence-electron chi connectivity index (χ0n) is 16.7. The van der Waals surface area contributed by atoms with Gasteiger partial charge in [0.1, 0.15) is 11.6 Å². The maximum atomic E-state index is 14.9. The van der Waals surface area contributed by atoms with Gasteiger partial charge in [0.05, 0.1) is 18.5 Å². The Morgan fingerprint density at radius 1 is 1.13 bits per heavy atom. The molecule has 1 atom stereocenters. The number of nitrogens with two attached hydrogens (primary N) is 1. The van der Waals surface area contributed by atoms with Crippen molar-refractivity contribution in [3.05, 3.63) is 82.4 Å². The summed E-state index contributed by atoms with van der Waals surface area (Å²) in [7, 11) is -2.34. The van der Waals surface area contributed by atoms with Gasteiger partial charge in [-0.15, -0.1) is 0 Å². The number of hydrogen-bond donors (Lipinski definition) is 3. The van der Waals surface area contributed by atoms with Crippen LogP contribution in [-0.2, 0) is 10.2 Å². The number of carbonyl (C=O) groups excluding carboxylic acids is 1. The highest BCUT2D eigenvalue weighted by Crippen LogP contribution is 2.30. The van der Waals surface area contributed by atoms with Crippen molar-refractivity contribution in [2.45, 2.75) is 19.8 Å². The van der Waals surface area contributed by atoms with Gasteiger partial charge >= 0.3 is 0 Å². The van der Waals surface area contributed by atoms with E-state index in [4.69, 9.17) is 9.88 Å². The summed E-state index contributed by atoms with van der Waals surface area (Å²) in [6, 6.07) is 13.0. The Hall–Kier alpha value is -3.17. The molecule has 1 unspecified atom stereocenters. The molecule has 0 saturated heterocycles. The molecule has 0 spiro atoms. The number of carbonyl (C=O) groups is 1. The lowest BCUT2D eigenvalue weighted by Gasteiger charge is -2.12. The molecule has 3 rings (SSSR count). The zero-order chi connectivity index (χ0) is 22.1. The van der Waals surface area contributed by atoms with Crippen LogP contribution >= 0.6 is 0 Å². The quantitative estimate of drug-likeness (QED) is 0.497. The first-order valence-corrected chi connectivity index (χ1v) is 10.6. The fraction of sp³-hybridized carbons (Fsp3) is 0.190. The van der Waals surface area contributed by atoms with E-state index >= 15 is 0 Å². The third-order valence-corrected chi connectivity index (χ3v) is 5.40. The van der Waals surface area contributed by atoms with Crippen LogP contribution in [0.1, 0.15) is 45.7 Å². The number of halogens is 1. The minimum atomic E-state index is -3.87. The molecule has 30 heavy (non-hydrogen) atoms. The van der Waals surface area contributed by atoms with Gasteiger partial charge in [-0.05, 0) is 48.9 Å². The minimum absolute atomic E-state index is 0.187. The summed E-state index contributed by atoms with van der Waals surface area (Å²) < 4.78 is 44.4. The first kappa shape index (κ1) is 21.5. The van der Waals surface area contributed by atoms with Crippen molar-refractivity contribution < 1.29 is 22.3 Å². The average Bonchev–Trinajstić information content (AvgIpc) is 3.01. The summed E-state index contributed by atoms with van der Waals surface area (Å²) in [5.41, 5.74) is 2.15. The second-order valence-electron chi connectivity index (χ2n) is 6.90. The van der Waals surface area contributed by atoms with E-state index in [2.05, 4.69) is 9.71 Å². The number of benzene rings is 2. The second kappa shape index (κ2) is 8.29. The highest BCUT2D eigenvalue weighted by Gasteiger charge is 2.24. The number of hydrogen-bond acceptors (Lipinski definition) is 4. The van der Waals surface area contributed by atoms with E-state index in [9.17, 15) is 17.6 Å². The summed E-state index contributed by atoms with van der Waals surface area (Å²) in [6.07, 6.45) is 0. The first-order valence-electron chi connectivity index (χ1n) is 9.08. The number of ether oxygens (including phenoxy) is 1. The molecule has 4 N–H and O–H groups in total. The molecule has 2 aromatic carbocycles. The van der Waals surface area contributed by atoms with Gasteiger partial charge in [0.25, 0.3) is 10.2 Å². The van der Waals surface area contributed by atoms with Crippen molar-refractivity contribution in [3.63, 3.8) is 0 Å². The number of methoxy groups -OCH3 is 1. The van der Waals surface area contributed by atoms with E-state index in [0.29, 0.717) is 17.0 Å². The van der Waals surface area contributed by atoms with Crippen molar-refractivity contribution >= 4 is 21.7 Å². The number of anilines is 1. The highest BCUT2D eigenvalue weighted by atomic mass is 32.2. The van der Waals surface area contributed by atoms with Crippen molar-refractivity contribution in [2.75, 3.05) is 11.8 Å². The van der Waals surface area contributed by atoms with E-state index < -0.39 is 21.9 Å². The Balaban J connectivity index is 1.89. The van der Waals surface area contributed by atoms with Crippen LogP contribution in [-0.4, -0.2) is 26.3 Å². The predicted molar refractivity (Wildman–Crippen MR) is 113 cm³/mol. The van der Waals surface area contributed by atoms with Gasteiger partial charge in [-0.25, -0.2) is 9.53 Å². The fourth-order valence-electron chi connectivity index (χ4n) is 3.18. The molecule has 1 heterocycles. The SMILES string of the molecule is COc1ccc(C(=O)c2[nH]c(C(C)c3ccc(NS(N)(=O)=O)cc3)c(F)c2C)cc1. The van der Waals surface area contributed by atoms with Gasteiger partial charge in [0, 0.05) is 22.7 Å². The minimum Gasteiger partial charge on any atom is -0.497 e. The van der Waals surface area contributed by atoms with E-state index in [1.54, 1.807) is 50.2 Å². The lowest BCUT2D eigenvalue weighted by Crippen LogP contribution is -2.21. The van der Waals surface area contributed by atoms with Crippen LogP contribution < -0.4 is 14.6 Å². The van der Waals surface area contributed by atoms with Crippen molar-refractivity contribution in [1.29, 1.82) is 0 Å². The zero-order valence-corrected chi connectivity index (χ0v) is 17.5. The Bertz CT molecular complexity index is 1170. The van der Waals surface area contributed by atoms with Crippen LogP contribution in [0, 0.1) is 12.7 Å². The van der Waals surface area contributed by atoms with E-state index in [1.165, 1.54) is 19.2 Å². The van der Waals surface area contributed by atoms with Crippen LogP contribution in [0.4, 0.5) is 10.1 Å². The molecule has 0 aliphatic rings. The van der Waals surface area contributed by atoms with Crippen LogP contribution in [0.5, 0.6) is 5.75 Å². The van der Waals surface area contributed by atoms with Crippen LogP contribution in [0.2, 0.25) is 0 Å². The standard InChI is InChI=1S/C21H22FN3O4S/c1-12(14-4-8-16(9-5-14)25-30(23,27)28)19-18(22)13(2)20(24-19)21(26)15-6-10-17(29-3)11-7-15/h4-12,24-25H,1-3H3,(H2,23,27,28). The number of H-pyrrole nitrogens is 1. The van der Waals surface area contributed by atoms with Crippen LogP contribution in [0.25, 0.3) is 0 Å². The molecule has 158 valence electrons. The number of ketones is 1. The summed E-state index contributed by atoms with van der Waals surface area (Å²) in [5, 5.41) is 4.96. The van der Waals surface area contributed by atoms with E-state index in [0.717, 1.165) is 5.56 Å². The monoisotopic (exact) mass is 431 g/mol. The lowest BCUT2D eigenvalue weighted by atomic mass is 9.97. The molecule has 0 aliphatic heterocycles. The molecular formula is C21H22FN3O4S. The maximum absolute atomic E-state index is 14.9. The largest absolute Gasteiger partial charge is 0.497 e. The molecule has 3 aromatic rings. The van der Waals surface area contributed by atoms with Gasteiger partial charge in [-0.2, -0.15) is 8.42 Å². The Labute approximate surface area is 174 Å². The molecule has 7 nitrogen and oxygen atoms in total. The molecule has 1 aromatic heterocycles.